The van der Waals surface area contributed by atoms with Crippen LogP contribution in [-0.4, -0.2) is 48.6 Å². The molecule has 1 aromatic carbocycles. The van der Waals surface area contributed by atoms with Crippen molar-refractivity contribution < 1.29 is 13.2 Å². The Kier molecular flexibility index (Phi) is 7.36. The quantitative estimate of drug-likeness (QED) is 0.362. The normalized spacial score (nSPS) is 17.8. The van der Waals surface area contributed by atoms with Crippen molar-refractivity contribution in [2.45, 2.75) is 38.5 Å². The summed E-state index contributed by atoms with van der Waals surface area (Å²) >= 11 is 0. The van der Waals surface area contributed by atoms with Gasteiger partial charge in [0.2, 0.25) is 5.91 Å². The van der Waals surface area contributed by atoms with Crippen LogP contribution >= 0.6 is 0 Å². The lowest BCUT2D eigenvalue weighted by atomic mass is 9.92. The number of amides is 1. The summed E-state index contributed by atoms with van der Waals surface area (Å²) in [5.41, 5.74) is 3.92. The third kappa shape index (κ3) is 6.25. The van der Waals surface area contributed by atoms with Gasteiger partial charge in [-0.15, -0.1) is 0 Å². The predicted molar refractivity (Wildman–Crippen MR) is 155 cm³/mol. The van der Waals surface area contributed by atoms with Crippen LogP contribution in [0.5, 0.6) is 0 Å². The minimum Gasteiger partial charge on any atom is -0.356 e. The maximum absolute atomic E-state index is 12.8. The number of hydrogen-bond acceptors (Lipinski definition) is 7. The first kappa shape index (κ1) is 26.7. The van der Waals surface area contributed by atoms with Crippen molar-refractivity contribution in [2.24, 2.45) is 11.8 Å². The van der Waals surface area contributed by atoms with Crippen molar-refractivity contribution in [3.8, 4) is 11.4 Å². The summed E-state index contributed by atoms with van der Waals surface area (Å²) in [6, 6.07) is 16.6. The molecule has 0 spiro atoms. The number of carbonyl (C=O) groups is 1. The van der Waals surface area contributed by atoms with E-state index in [1.165, 1.54) is 12.5 Å². The molecule has 0 aliphatic carbocycles. The van der Waals surface area contributed by atoms with Crippen molar-refractivity contribution in [2.75, 3.05) is 29.6 Å². The zero-order valence-corrected chi connectivity index (χ0v) is 23.5. The highest BCUT2D eigenvalue weighted by molar-refractivity contribution is 7.90. The maximum atomic E-state index is 12.8. The second-order valence-electron chi connectivity index (χ2n) is 10.8. The number of nitrogens with zero attached hydrogens (tertiary/aromatic N) is 4. The number of piperidine rings is 1. The molecule has 202 valence electrons. The van der Waals surface area contributed by atoms with Gasteiger partial charge in [0.15, 0.2) is 9.84 Å². The smallest absolute Gasteiger partial charge is 0.230 e. The molecule has 0 saturated carbocycles. The van der Waals surface area contributed by atoms with Gasteiger partial charge in [-0.2, -0.15) is 0 Å². The zero-order valence-electron chi connectivity index (χ0n) is 22.7. The van der Waals surface area contributed by atoms with Gasteiger partial charge < -0.3 is 10.2 Å². The van der Waals surface area contributed by atoms with Gasteiger partial charge in [-0.25, -0.2) is 18.4 Å². The van der Waals surface area contributed by atoms with Gasteiger partial charge in [-0.1, -0.05) is 26.0 Å². The van der Waals surface area contributed by atoms with E-state index in [1.54, 1.807) is 25.3 Å². The molecule has 0 bridgehead atoms. The Morgan fingerprint density at radius 2 is 1.74 bits per heavy atom. The molecule has 1 aliphatic rings. The van der Waals surface area contributed by atoms with Crippen molar-refractivity contribution in [3.05, 3.63) is 72.1 Å². The van der Waals surface area contributed by atoms with Crippen molar-refractivity contribution in [3.63, 3.8) is 0 Å². The summed E-state index contributed by atoms with van der Waals surface area (Å²) in [5.74, 6) is 1.94. The Morgan fingerprint density at radius 1 is 1.00 bits per heavy atom. The number of aromatic nitrogens is 3. The lowest BCUT2D eigenvalue weighted by Crippen LogP contribution is -2.39. The Bertz CT molecular complexity index is 1640. The molecule has 1 aliphatic heterocycles. The van der Waals surface area contributed by atoms with Gasteiger partial charge in [0.25, 0.3) is 0 Å². The van der Waals surface area contributed by atoms with Crippen LogP contribution in [0.25, 0.3) is 22.3 Å². The van der Waals surface area contributed by atoms with E-state index in [0.29, 0.717) is 28.8 Å². The predicted octanol–water partition coefficient (Wildman–Crippen LogP) is 5.07. The van der Waals surface area contributed by atoms with Crippen molar-refractivity contribution in [1.82, 2.24) is 15.0 Å². The summed E-state index contributed by atoms with van der Waals surface area (Å²) < 4.78 is 24.1. The van der Waals surface area contributed by atoms with Gasteiger partial charge in [0.05, 0.1) is 33.9 Å². The van der Waals surface area contributed by atoms with E-state index in [1.807, 2.05) is 30.3 Å². The highest BCUT2D eigenvalue weighted by Crippen LogP contribution is 2.27. The van der Waals surface area contributed by atoms with Crippen molar-refractivity contribution >= 4 is 38.2 Å². The van der Waals surface area contributed by atoms with E-state index in [2.05, 4.69) is 35.1 Å². The first-order valence-electron chi connectivity index (χ1n) is 13.1. The minimum absolute atomic E-state index is 0.0308. The molecule has 1 N–H and O–H groups in total. The maximum Gasteiger partial charge on any atom is 0.230 e. The summed E-state index contributed by atoms with van der Waals surface area (Å²) in [6.07, 6.45) is 4.14. The summed E-state index contributed by atoms with van der Waals surface area (Å²) in [4.78, 5) is 29.5. The van der Waals surface area contributed by atoms with Crippen LogP contribution in [0, 0.1) is 18.8 Å². The fraction of sp³-hybridized carbons (Fsp3) is 0.333. The van der Waals surface area contributed by atoms with E-state index in [-0.39, 0.29) is 17.2 Å². The molecule has 39 heavy (non-hydrogen) atoms. The van der Waals surface area contributed by atoms with Crippen LogP contribution in [0.1, 0.15) is 31.5 Å². The van der Waals surface area contributed by atoms with E-state index in [4.69, 9.17) is 9.97 Å². The van der Waals surface area contributed by atoms with E-state index < -0.39 is 9.84 Å². The lowest BCUT2D eigenvalue weighted by Gasteiger charge is -2.35. The van der Waals surface area contributed by atoms with Crippen LogP contribution in [0.15, 0.2) is 65.7 Å². The standard InChI is InChI=1S/C30H33N5O3S/c1-19-12-20(2)18-35(17-19)29-7-5-6-25(34-29)26-11-9-22-16-31-24(13-27(22)33-26)15-30(36)32-23-10-8-21(3)28(14-23)39(4,37)38/h5-11,13-14,16,19-20H,12,15,17-18H2,1-4H3,(H,32,36)/t19-,20?/m1/s1. The minimum atomic E-state index is -3.40. The second kappa shape index (κ2) is 10.7. The molecule has 8 nitrogen and oxygen atoms in total. The molecule has 4 aromatic rings. The highest BCUT2D eigenvalue weighted by atomic mass is 32.2. The van der Waals surface area contributed by atoms with Crippen molar-refractivity contribution in [1.29, 1.82) is 0 Å². The van der Waals surface area contributed by atoms with Crippen LogP contribution in [0.2, 0.25) is 0 Å². The van der Waals surface area contributed by atoms with Gasteiger partial charge in [-0.3, -0.25) is 9.78 Å². The van der Waals surface area contributed by atoms with E-state index in [9.17, 15) is 13.2 Å². The third-order valence-corrected chi connectivity index (χ3v) is 8.27. The molecule has 4 heterocycles. The molecule has 1 amide bonds. The van der Waals surface area contributed by atoms with Crippen LogP contribution in [-0.2, 0) is 21.1 Å². The highest BCUT2D eigenvalue weighted by Gasteiger charge is 2.23. The topological polar surface area (TPSA) is 105 Å². The fourth-order valence-corrected chi connectivity index (χ4v) is 6.33. The first-order valence-corrected chi connectivity index (χ1v) is 15.0. The number of pyridine rings is 3. The fourth-order valence-electron chi connectivity index (χ4n) is 5.34. The Balaban J connectivity index is 1.35. The summed E-state index contributed by atoms with van der Waals surface area (Å²) in [5, 5.41) is 3.65. The largest absolute Gasteiger partial charge is 0.356 e. The van der Waals surface area contributed by atoms with E-state index in [0.717, 1.165) is 47.5 Å². The average Bonchev–Trinajstić information content (AvgIpc) is 2.88. The molecule has 0 radical (unpaired) electrons. The number of hydrogen-bond donors (Lipinski definition) is 1. The number of rotatable bonds is 6. The number of aryl methyl sites for hydroxylation is 1. The SMILES string of the molecule is Cc1ccc(NC(=O)Cc2cc3nc(-c4cccc(N5CC(C)C[C@@H](C)C5)n4)ccc3cn2)cc1S(C)(=O)=O. The number of anilines is 2. The molecule has 1 fully saturated rings. The number of sulfone groups is 1. The number of fused-ring (bicyclic) bond motifs is 1. The van der Waals surface area contributed by atoms with Crippen LogP contribution in [0.3, 0.4) is 0 Å². The van der Waals surface area contributed by atoms with Gasteiger partial charge in [-0.05, 0) is 73.2 Å². The van der Waals surface area contributed by atoms with Crippen LogP contribution in [0.4, 0.5) is 11.5 Å². The van der Waals surface area contributed by atoms with Crippen LogP contribution < -0.4 is 10.2 Å². The number of carbonyl (C=O) groups excluding carboxylic acids is 1. The Hall–Kier alpha value is -3.85. The molecular formula is C30H33N5O3S. The zero-order chi connectivity index (χ0) is 27.7. The summed E-state index contributed by atoms with van der Waals surface area (Å²) in [6.45, 7) is 8.30. The summed E-state index contributed by atoms with van der Waals surface area (Å²) in [7, 11) is -3.40. The third-order valence-electron chi connectivity index (χ3n) is 7.03. The molecular weight excluding hydrogens is 510 g/mol. The average molecular weight is 544 g/mol. The van der Waals surface area contributed by atoms with E-state index >= 15 is 0 Å². The Labute approximate surface area is 229 Å². The monoisotopic (exact) mass is 543 g/mol. The van der Waals surface area contributed by atoms with Gasteiger partial charge in [0.1, 0.15) is 5.82 Å². The Morgan fingerprint density at radius 3 is 2.49 bits per heavy atom. The number of nitrogens with one attached hydrogen (secondary N) is 1. The van der Waals surface area contributed by atoms with Gasteiger partial charge in [0, 0.05) is 36.6 Å². The lowest BCUT2D eigenvalue weighted by molar-refractivity contribution is -0.115. The molecule has 2 atom stereocenters. The molecule has 9 heteroatoms. The molecule has 1 unspecified atom stereocenters. The van der Waals surface area contributed by atoms with Gasteiger partial charge >= 0.3 is 0 Å². The molecule has 1 saturated heterocycles. The number of benzene rings is 1. The second-order valence-corrected chi connectivity index (χ2v) is 12.8. The molecule has 5 rings (SSSR count). The molecule has 3 aromatic heterocycles. The first-order chi connectivity index (χ1) is 18.5.